The van der Waals surface area contributed by atoms with Gasteiger partial charge in [0.1, 0.15) is 0 Å². The first-order chi connectivity index (χ1) is 9.27. The first kappa shape index (κ1) is 13.8. The molecule has 3 fully saturated rings. The molecule has 1 saturated carbocycles. The van der Waals surface area contributed by atoms with Gasteiger partial charge in [-0.05, 0) is 69.7 Å². The van der Waals surface area contributed by atoms with Gasteiger partial charge in [0.2, 0.25) is 0 Å². The van der Waals surface area contributed by atoms with Crippen molar-refractivity contribution in [2.75, 3.05) is 45.8 Å². The average molecular weight is 265 g/mol. The van der Waals surface area contributed by atoms with Gasteiger partial charge < -0.3 is 10.2 Å². The molecule has 0 aromatic carbocycles. The zero-order valence-corrected chi connectivity index (χ0v) is 12.8. The Labute approximate surface area is 118 Å². The fourth-order valence-electron chi connectivity index (χ4n) is 4.55. The topological polar surface area (TPSA) is 18.5 Å². The molecule has 1 aliphatic carbocycles. The molecule has 1 N–H and O–H groups in total. The predicted octanol–water partition coefficient (Wildman–Crippen LogP) is 1.79. The highest BCUT2D eigenvalue weighted by atomic mass is 15.3. The van der Waals surface area contributed by atoms with Crippen molar-refractivity contribution >= 4 is 0 Å². The lowest BCUT2D eigenvalue weighted by atomic mass is 9.92. The van der Waals surface area contributed by atoms with E-state index in [0.29, 0.717) is 0 Å². The van der Waals surface area contributed by atoms with Crippen LogP contribution in [0.4, 0.5) is 0 Å². The largest absolute Gasteiger partial charge is 0.317 e. The summed E-state index contributed by atoms with van der Waals surface area (Å²) in [7, 11) is 0. The SMILES string of the molecule is CCN(CC)C1CCN(CC2CC23CCNCC3)C1. The Hall–Kier alpha value is -0.120. The number of likely N-dealkylation sites (tertiary alicyclic amines) is 1. The molecule has 3 heteroatoms. The average Bonchev–Trinajstić information content (AvgIpc) is 2.87. The molecule has 3 nitrogen and oxygen atoms in total. The van der Waals surface area contributed by atoms with Gasteiger partial charge in [-0.25, -0.2) is 0 Å². The van der Waals surface area contributed by atoms with Crippen LogP contribution in [-0.2, 0) is 0 Å². The number of nitrogens with one attached hydrogen (secondary N) is 1. The monoisotopic (exact) mass is 265 g/mol. The first-order valence-electron chi connectivity index (χ1n) is 8.44. The van der Waals surface area contributed by atoms with Crippen LogP contribution < -0.4 is 5.32 Å². The number of nitrogens with zero attached hydrogens (tertiary/aromatic N) is 2. The van der Waals surface area contributed by atoms with Gasteiger partial charge in [-0.3, -0.25) is 4.90 Å². The zero-order valence-electron chi connectivity index (χ0n) is 12.8. The van der Waals surface area contributed by atoms with E-state index in [9.17, 15) is 0 Å². The Bertz CT molecular complexity index is 294. The number of piperidine rings is 1. The summed E-state index contributed by atoms with van der Waals surface area (Å²) in [6, 6.07) is 0.831. The highest BCUT2D eigenvalue weighted by Gasteiger charge is 2.54. The van der Waals surface area contributed by atoms with Crippen molar-refractivity contribution in [3.63, 3.8) is 0 Å². The smallest absolute Gasteiger partial charge is 0.0235 e. The molecule has 2 atom stereocenters. The van der Waals surface area contributed by atoms with Crippen LogP contribution in [-0.4, -0.2) is 61.7 Å². The molecule has 0 amide bonds. The predicted molar refractivity (Wildman–Crippen MR) is 80.4 cm³/mol. The number of rotatable bonds is 5. The van der Waals surface area contributed by atoms with Gasteiger partial charge in [-0.15, -0.1) is 0 Å². The summed E-state index contributed by atoms with van der Waals surface area (Å²) in [4.78, 5) is 5.40. The fourth-order valence-corrected chi connectivity index (χ4v) is 4.55. The van der Waals surface area contributed by atoms with E-state index in [1.54, 1.807) is 0 Å². The summed E-state index contributed by atoms with van der Waals surface area (Å²) in [6.45, 7) is 13.6. The van der Waals surface area contributed by atoms with Crippen LogP contribution in [0.15, 0.2) is 0 Å². The van der Waals surface area contributed by atoms with Crippen molar-refractivity contribution in [3.8, 4) is 0 Å². The van der Waals surface area contributed by atoms with Gasteiger partial charge in [-0.2, -0.15) is 0 Å². The van der Waals surface area contributed by atoms with E-state index in [1.807, 2.05) is 0 Å². The Morgan fingerprint density at radius 1 is 1.21 bits per heavy atom. The lowest BCUT2D eigenvalue weighted by Crippen LogP contribution is -2.38. The highest BCUT2D eigenvalue weighted by Crippen LogP contribution is 2.58. The van der Waals surface area contributed by atoms with Crippen LogP contribution in [0.1, 0.15) is 39.5 Å². The molecule has 0 aromatic rings. The van der Waals surface area contributed by atoms with Crippen LogP contribution in [0.5, 0.6) is 0 Å². The van der Waals surface area contributed by atoms with Crippen LogP contribution in [0.3, 0.4) is 0 Å². The number of likely N-dealkylation sites (N-methyl/N-ethyl adjacent to an activating group) is 1. The summed E-state index contributed by atoms with van der Waals surface area (Å²) < 4.78 is 0. The number of hydrogen-bond acceptors (Lipinski definition) is 3. The minimum Gasteiger partial charge on any atom is -0.317 e. The quantitative estimate of drug-likeness (QED) is 0.818. The van der Waals surface area contributed by atoms with Gasteiger partial charge in [0.25, 0.3) is 0 Å². The Balaban J connectivity index is 1.45. The molecular formula is C16H31N3. The third kappa shape index (κ3) is 2.84. The van der Waals surface area contributed by atoms with Crippen LogP contribution >= 0.6 is 0 Å². The summed E-state index contributed by atoms with van der Waals surface area (Å²) in [5.74, 6) is 1.02. The molecule has 1 spiro atoms. The van der Waals surface area contributed by atoms with E-state index < -0.39 is 0 Å². The van der Waals surface area contributed by atoms with E-state index in [0.717, 1.165) is 17.4 Å². The van der Waals surface area contributed by atoms with E-state index in [-0.39, 0.29) is 0 Å². The van der Waals surface area contributed by atoms with Crippen molar-refractivity contribution in [2.24, 2.45) is 11.3 Å². The lowest BCUT2D eigenvalue weighted by molar-refractivity contribution is 0.202. The molecular weight excluding hydrogens is 234 g/mol. The second-order valence-corrected chi connectivity index (χ2v) is 6.94. The maximum Gasteiger partial charge on any atom is 0.0235 e. The molecule has 110 valence electrons. The summed E-state index contributed by atoms with van der Waals surface area (Å²) in [5, 5.41) is 3.51. The third-order valence-electron chi connectivity index (χ3n) is 6.01. The van der Waals surface area contributed by atoms with Crippen molar-refractivity contribution in [1.82, 2.24) is 15.1 Å². The summed E-state index contributed by atoms with van der Waals surface area (Å²) in [5.41, 5.74) is 0.762. The van der Waals surface area contributed by atoms with Crippen LogP contribution in [0, 0.1) is 11.3 Å². The summed E-state index contributed by atoms with van der Waals surface area (Å²) in [6.07, 6.45) is 5.78. The Kier molecular flexibility index (Phi) is 4.16. The maximum atomic E-state index is 3.51. The fraction of sp³-hybridized carbons (Fsp3) is 1.00. The molecule has 3 rings (SSSR count). The van der Waals surface area contributed by atoms with Crippen molar-refractivity contribution in [2.45, 2.75) is 45.6 Å². The third-order valence-corrected chi connectivity index (χ3v) is 6.01. The van der Waals surface area contributed by atoms with Crippen molar-refractivity contribution in [1.29, 1.82) is 0 Å². The van der Waals surface area contributed by atoms with Gasteiger partial charge in [-0.1, -0.05) is 13.8 Å². The Morgan fingerprint density at radius 3 is 2.63 bits per heavy atom. The maximum absolute atomic E-state index is 3.51. The molecule has 0 radical (unpaired) electrons. The molecule has 19 heavy (non-hydrogen) atoms. The minimum atomic E-state index is 0.762. The zero-order chi connectivity index (χ0) is 13.3. The minimum absolute atomic E-state index is 0.762. The standard InChI is InChI=1S/C16H31N3/c1-3-19(4-2)15-5-10-18(13-15)12-14-11-16(14)6-8-17-9-7-16/h14-15,17H,3-13H2,1-2H3. The summed E-state index contributed by atoms with van der Waals surface area (Å²) >= 11 is 0. The molecule has 2 aliphatic heterocycles. The van der Waals surface area contributed by atoms with Crippen molar-refractivity contribution in [3.05, 3.63) is 0 Å². The number of hydrogen-bond donors (Lipinski definition) is 1. The van der Waals surface area contributed by atoms with E-state index in [1.165, 1.54) is 71.5 Å². The second-order valence-electron chi connectivity index (χ2n) is 6.94. The van der Waals surface area contributed by atoms with Gasteiger partial charge >= 0.3 is 0 Å². The van der Waals surface area contributed by atoms with Crippen molar-refractivity contribution < 1.29 is 0 Å². The normalized spacial score (nSPS) is 34.3. The Morgan fingerprint density at radius 2 is 1.95 bits per heavy atom. The second kappa shape index (κ2) is 5.71. The lowest BCUT2D eigenvalue weighted by Gasteiger charge is -2.27. The van der Waals surface area contributed by atoms with Crippen LogP contribution in [0.25, 0.3) is 0 Å². The molecule has 2 unspecified atom stereocenters. The van der Waals surface area contributed by atoms with E-state index >= 15 is 0 Å². The molecule has 2 heterocycles. The van der Waals surface area contributed by atoms with Gasteiger partial charge in [0, 0.05) is 19.1 Å². The van der Waals surface area contributed by atoms with Gasteiger partial charge in [0.15, 0.2) is 0 Å². The first-order valence-corrected chi connectivity index (χ1v) is 8.44. The van der Waals surface area contributed by atoms with E-state index in [2.05, 4.69) is 29.0 Å². The highest BCUT2D eigenvalue weighted by molar-refractivity contribution is 5.05. The van der Waals surface area contributed by atoms with Gasteiger partial charge in [0.05, 0.1) is 0 Å². The molecule has 2 saturated heterocycles. The molecule has 0 aromatic heterocycles. The van der Waals surface area contributed by atoms with E-state index in [4.69, 9.17) is 0 Å². The van der Waals surface area contributed by atoms with Crippen LogP contribution in [0.2, 0.25) is 0 Å². The molecule has 0 bridgehead atoms. The molecule has 3 aliphatic rings.